The second kappa shape index (κ2) is 18.2. The molecule has 4 heterocycles. The first-order valence-corrected chi connectivity index (χ1v) is 18.9. The number of aliphatic carboxylic acids is 1. The van der Waals surface area contributed by atoms with Crippen LogP contribution in [0.4, 0.5) is 5.95 Å². The molecule has 0 bridgehead atoms. The van der Waals surface area contributed by atoms with Crippen molar-refractivity contribution in [3.8, 4) is 5.75 Å². The Bertz CT molecular complexity index is 1940. The Morgan fingerprint density at radius 3 is 2.45 bits per heavy atom. The molecule has 3 saturated heterocycles. The molecule has 6 rings (SSSR count). The molecule has 17 heteroatoms. The number of morpholine rings is 1. The summed E-state index contributed by atoms with van der Waals surface area (Å²) in [6.07, 6.45) is 3.57. The number of rotatable bonds is 8. The lowest BCUT2D eigenvalue weighted by atomic mass is 9.96. The molecule has 0 radical (unpaired) electrons. The lowest BCUT2D eigenvalue weighted by Crippen LogP contribution is -2.55. The van der Waals surface area contributed by atoms with E-state index in [-0.39, 0.29) is 56.2 Å². The fourth-order valence-electron chi connectivity index (χ4n) is 7.20. The Hall–Kier alpha value is -5.84. The molecule has 1 aromatic heterocycles. The van der Waals surface area contributed by atoms with Crippen LogP contribution < -0.4 is 30.9 Å². The van der Waals surface area contributed by atoms with E-state index in [1.54, 1.807) is 14.0 Å². The maximum Gasteiger partial charge on any atom is 0.326 e. The van der Waals surface area contributed by atoms with E-state index in [1.165, 1.54) is 17.3 Å². The van der Waals surface area contributed by atoms with Crippen molar-refractivity contribution in [1.29, 1.82) is 0 Å². The molecule has 0 saturated carbocycles. The minimum atomic E-state index is -1.40. The van der Waals surface area contributed by atoms with Crippen molar-refractivity contribution in [3.63, 3.8) is 0 Å². The van der Waals surface area contributed by atoms with Crippen LogP contribution in [-0.2, 0) is 28.7 Å². The third-order valence-corrected chi connectivity index (χ3v) is 10.5. The van der Waals surface area contributed by atoms with Crippen LogP contribution in [0.3, 0.4) is 0 Å². The van der Waals surface area contributed by atoms with Crippen LogP contribution in [0.1, 0.15) is 67.3 Å². The number of carboxylic acid groups (broad SMARTS) is 1. The number of carboxylic acids is 1. The number of carbonyl (C=O) groups excluding carboxylic acids is 5. The van der Waals surface area contributed by atoms with E-state index in [0.29, 0.717) is 50.8 Å². The molecule has 3 fully saturated rings. The molecule has 298 valence electrons. The number of ether oxygens (including phenoxy) is 2. The number of carbonyl (C=O) groups is 6. The van der Waals surface area contributed by atoms with Crippen LogP contribution in [-0.4, -0.2) is 126 Å². The second-order valence-electron chi connectivity index (χ2n) is 14.3. The Balaban J connectivity index is 1.22. The number of benzene rings is 2. The Kier molecular flexibility index (Phi) is 12.9. The van der Waals surface area contributed by atoms with Gasteiger partial charge in [0.1, 0.15) is 23.9 Å². The van der Waals surface area contributed by atoms with E-state index >= 15 is 0 Å². The SMILES string of the molecule is COc1ccc2cc([C@H](C)C(=O)N[C@@H]3C[C@H]4C(=O)N[C@H](C(=O)O)CCC(=O)NCCCC[C@H](NC(=O)c5cnc(N6CCOCC6)nc5)C(=O)N4C3)ccc2c1. The number of amides is 5. The quantitative estimate of drug-likeness (QED) is 0.218. The van der Waals surface area contributed by atoms with Crippen LogP contribution in [0.5, 0.6) is 5.75 Å². The van der Waals surface area contributed by atoms with Crippen LogP contribution in [0, 0.1) is 0 Å². The van der Waals surface area contributed by atoms with Crippen molar-refractivity contribution < 1.29 is 43.3 Å². The van der Waals surface area contributed by atoms with Gasteiger partial charge in [-0.25, -0.2) is 14.8 Å². The van der Waals surface area contributed by atoms with Crippen molar-refractivity contribution in [2.75, 3.05) is 51.4 Å². The first-order valence-electron chi connectivity index (χ1n) is 18.9. The van der Waals surface area contributed by atoms with Gasteiger partial charge in [0.25, 0.3) is 5.91 Å². The van der Waals surface area contributed by atoms with Gasteiger partial charge in [0.05, 0.1) is 31.8 Å². The maximum atomic E-state index is 14.4. The highest BCUT2D eigenvalue weighted by atomic mass is 16.5. The van der Waals surface area contributed by atoms with Crippen molar-refractivity contribution >= 4 is 52.2 Å². The Morgan fingerprint density at radius 1 is 0.982 bits per heavy atom. The summed E-state index contributed by atoms with van der Waals surface area (Å²) in [5, 5.41) is 22.8. The monoisotopic (exact) mass is 772 g/mol. The number of hydrogen-bond acceptors (Lipinski definition) is 11. The third-order valence-electron chi connectivity index (χ3n) is 10.5. The van der Waals surface area contributed by atoms with Gasteiger partial charge in [0.15, 0.2) is 0 Å². The van der Waals surface area contributed by atoms with Gasteiger partial charge in [-0.15, -0.1) is 0 Å². The highest BCUT2D eigenvalue weighted by Gasteiger charge is 2.43. The van der Waals surface area contributed by atoms with E-state index < -0.39 is 53.8 Å². The minimum absolute atomic E-state index is 0.00210. The standard InChI is InChI=1S/C39H48N8O9/c1-23(24-6-7-26-18-29(55-2)9-8-25(26)17-24)34(49)43-28-19-32-36(51)45-31(38(53)54)10-11-33(48)40-12-4-3-5-30(37(52)47(32)22-28)44-35(50)27-20-41-39(42-21-27)46-13-15-56-16-14-46/h6-9,17-18,20-21,23,28,30-32H,3-5,10-16,19,22H2,1-2H3,(H,40,48)(H,43,49)(H,44,50)(H,45,51)(H,53,54)/t23-,28+,30-,31-,32-/m0/s1. The van der Waals surface area contributed by atoms with E-state index in [0.717, 1.165) is 16.3 Å². The van der Waals surface area contributed by atoms with E-state index in [9.17, 15) is 33.9 Å². The number of methoxy groups -OCH3 is 1. The van der Waals surface area contributed by atoms with Crippen molar-refractivity contribution in [2.24, 2.45) is 0 Å². The summed E-state index contributed by atoms with van der Waals surface area (Å²) < 4.78 is 10.7. The topological polar surface area (TPSA) is 221 Å². The molecule has 3 aliphatic rings. The molecule has 5 N–H and O–H groups in total. The molecule has 3 aliphatic heterocycles. The van der Waals surface area contributed by atoms with Gasteiger partial charge in [0.2, 0.25) is 29.6 Å². The third kappa shape index (κ3) is 9.69. The number of nitrogens with one attached hydrogen (secondary N) is 4. The molecular formula is C39H48N8O9. The van der Waals surface area contributed by atoms with Crippen LogP contribution in [0.15, 0.2) is 48.8 Å². The van der Waals surface area contributed by atoms with Crippen molar-refractivity contribution in [3.05, 3.63) is 59.9 Å². The predicted molar refractivity (Wildman–Crippen MR) is 203 cm³/mol. The molecule has 5 atom stereocenters. The predicted octanol–water partition coefficient (Wildman–Crippen LogP) is 1.11. The Morgan fingerprint density at radius 2 is 1.71 bits per heavy atom. The molecule has 0 spiro atoms. The van der Waals surface area contributed by atoms with E-state index in [4.69, 9.17) is 9.47 Å². The van der Waals surface area contributed by atoms with Gasteiger partial charge in [-0.1, -0.05) is 24.3 Å². The number of hydrogen-bond donors (Lipinski definition) is 5. The second-order valence-corrected chi connectivity index (χ2v) is 14.3. The molecule has 17 nitrogen and oxygen atoms in total. The van der Waals surface area contributed by atoms with E-state index in [1.807, 2.05) is 41.3 Å². The number of nitrogens with zero attached hydrogens (tertiary/aromatic N) is 4. The maximum absolute atomic E-state index is 14.4. The molecule has 0 aliphatic carbocycles. The average molecular weight is 773 g/mol. The summed E-state index contributed by atoms with van der Waals surface area (Å²) in [6.45, 7) is 4.28. The molecule has 5 amide bonds. The van der Waals surface area contributed by atoms with Gasteiger partial charge in [-0.05, 0) is 67.5 Å². The van der Waals surface area contributed by atoms with Gasteiger partial charge in [-0.2, -0.15) is 0 Å². The van der Waals surface area contributed by atoms with Gasteiger partial charge in [0, 0.05) is 51.0 Å². The number of fused-ring (bicyclic) bond motifs is 2. The van der Waals surface area contributed by atoms with Crippen molar-refractivity contribution in [1.82, 2.24) is 36.1 Å². The zero-order chi connectivity index (χ0) is 39.8. The first kappa shape index (κ1) is 39.8. The molecule has 2 aromatic carbocycles. The zero-order valence-corrected chi connectivity index (χ0v) is 31.5. The lowest BCUT2D eigenvalue weighted by molar-refractivity contribution is -0.144. The van der Waals surface area contributed by atoms with Crippen LogP contribution in [0.25, 0.3) is 10.8 Å². The smallest absolute Gasteiger partial charge is 0.326 e. The summed E-state index contributed by atoms with van der Waals surface area (Å²) in [6, 6.07) is 7.02. The Labute approximate surface area is 323 Å². The fraction of sp³-hybridized carbons (Fsp3) is 0.487. The zero-order valence-electron chi connectivity index (χ0n) is 31.5. The highest BCUT2D eigenvalue weighted by molar-refractivity contribution is 5.99. The minimum Gasteiger partial charge on any atom is -0.497 e. The fourth-order valence-corrected chi connectivity index (χ4v) is 7.20. The van der Waals surface area contributed by atoms with Gasteiger partial charge >= 0.3 is 5.97 Å². The summed E-state index contributed by atoms with van der Waals surface area (Å²) in [7, 11) is 1.59. The first-order chi connectivity index (χ1) is 27.0. The average Bonchev–Trinajstić information content (AvgIpc) is 3.64. The van der Waals surface area contributed by atoms with Crippen LogP contribution in [0.2, 0.25) is 0 Å². The highest BCUT2D eigenvalue weighted by Crippen LogP contribution is 2.27. The lowest BCUT2D eigenvalue weighted by Gasteiger charge is -2.29. The van der Waals surface area contributed by atoms with Crippen LogP contribution >= 0.6 is 0 Å². The van der Waals surface area contributed by atoms with Crippen molar-refractivity contribution in [2.45, 2.75) is 75.5 Å². The molecule has 3 aromatic rings. The molecular weight excluding hydrogens is 724 g/mol. The van der Waals surface area contributed by atoms with Gasteiger partial charge in [-0.3, -0.25) is 24.0 Å². The normalized spacial score (nSPS) is 23.1. The largest absolute Gasteiger partial charge is 0.497 e. The molecule has 56 heavy (non-hydrogen) atoms. The van der Waals surface area contributed by atoms with E-state index in [2.05, 4.69) is 31.2 Å². The number of anilines is 1. The summed E-state index contributed by atoms with van der Waals surface area (Å²) in [4.78, 5) is 92.1. The summed E-state index contributed by atoms with van der Waals surface area (Å²) >= 11 is 0. The summed E-state index contributed by atoms with van der Waals surface area (Å²) in [5.41, 5.74) is 0.893. The summed E-state index contributed by atoms with van der Waals surface area (Å²) in [5.74, 6) is -3.34. The molecule has 0 unspecified atom stereocenters. The number of aromatic nitrogens is 2. The van der Waals surface area contributed by atoms with Gasteiger partial charge < -0.3 is 45.6 Å².